The van der Waals surface area contributed by atoms with Crippen molar-refractivity contribution in [3.05, 3.63) is 129 Å². The van der Waals surface area contributed by atoms with E-state index in [1.54, 1.807) is 36.4 Å². The molecule has 10 heteroatoms. The summed E-state index contributed by atoms with van der Waals surface area (Å²) in [6.45, 7) is 3.89. The lowest BCUT2D eigenvalue weighted by atomic mass is 10.0. The molecule has 0 fully saturated rings. The lowest BCUT2D eigenvalue weighted by Crippen LogP contribution is -2.53. The maximum absolute atomic E-state index is 14.5. The molecule has 0 heterocycles. The van der Waals surface area contributed by atoms with Gasteiger partial charge in [-0.05, 0) is 66.9 Å². The Morgan fingerprint density at radius 1 is 0.818 bits per heavy atom. The maximum Gasteiger partial charge on any atom is 0.264 e. The number of aryl methyl sites for hydroxylation is 1. The molecular formula is C34H35Br2N3O4S. The first-order valence-corrected chi connectivity index (χ1v) is 17.3. The molecule has 0 saturated carbocycles. The van der Waals surface area contributed by atoms with Crippen LogP contribution in [-0.4, -0.2) is 44.3 Å². The molecule has 4 aromatic rings. The zero-order valence-corrected chi connectivity index (χ0v) is 28.6. The van der Waals surface area contributed by atoms with Crippen LogP contribution in [0.25, 0.3) is 0 Å². The topological polar surface area (TPSA) is 86.8 Å². The molecule has 7 nitrogen and oxygen atoms in total. The summed E-state index contributed by atoms with van der Waals surface area (Å²) in [6, 6.07) is 29.5. The molecule has 0 unspecified atom stereocenters. The van der Waals surface area contributed by atoms with Gasteiger partial charge >= 0.3 is 0 Å². The first-order valence-electron chi connectivity index (χ1n) is 14.3. The number of amides is 2. The van der Waals surface area contributed by atoms with Crippen molar-refractivity contribution in [1.82, 2.24) is 10.2 Å². The van der Waals surface area contributed by atoms with E-state index in [-0.39, 0.29) is 23.8 Å². The van der Waals surface area contributed by atoms with Crippen LogP contribution in [0.1, 0.15) is 30.0 Å². The Kier molecular flexibility index (Phi) is 11.8. The van der Waals surface area contributed by atoms with Gasteiger partial charge in [-0.2, -0.15) is 0 Å². The fourth-order valence-corrected chi connectivity index (χ4v) is 6.99. The van der Waals surface area contributed by atoms with Crippen molar-refractivity contribution in [1.29, 1.82) is 0 Å². The van der Waals surface area contributed by atoms with Crippen molar-refractivity contribution in [2.45, 2.75) is 44.2 Å². The molecular weight excluding hydrogens is 706 g/mol. The summed E-state index contributed by atoms with van der Waals surface area (Å²) in [7, 11) is -4.16. The summed E-state index contributed by atoms with van der Waals surface area (Å²) in [4.78, 5) is 29.7. The molecule has 0 radical (unpaired) electrons. The van der Waals surface area contributed by atoms with Crippen LogP contribution in [0.15, 0.2) is 117 Å². The summed E-state index contributed by atoms with van der Waals surface area (Å²) < 4.78 is 30.8. The van der Waals surface area contributed by atoms with E-state index >= 15 is 0 Å². The fraction of sp³-hybridized carbons (Fsp3) is 0.235. The van der Waals surface area contributed by atoms with Crippen LogP contribution in [0, 0.1) is 6.92 Å². The minimum Gasteiger partial charge on any atom is -0.354 e. The Hall–Kier alpha value is -3.47. The molecule has 0 aliphatic carbocycles. The second kappa shape index (κ2) is 15.5. The van der Waals surface area contributed by atoms with E-state index in [2.05, 4.69) is 37.2 Å². The number of nitrogens with one attached hydrogen (secondary N) is 1. The smallest absolute Gasteiger partial charge is 0.264 e. The highest BCUT2D eigenvalue weighted by Gasteiger charge is 2.34. The van der Waals surface area contributed by atoms with Crippen molar-refractivity contribution in [2.24, 2.45) is 0 Å². The number of benzene rings is 4. The molecule has 4 rings (SSSR count). The Labute approximate surface area is 276 Å². The first-order chi connectivity index (χ1) is 21.1. The standard InChI is InChI=1S/C34H35Br2N3O4S/c1-3-19-37-34(41)32(21-26-9-5-4-6-10-26)38(23-27-11-7-12-28(35)20-27)33(40)24-39(30-14-8-13-29(36)22-30)44(42,43)31-17-15-25(2)16-18-31/h4-18,20,22,32H,3,19,21,23-24H2,1-2H3,(H,37,41)/t32-/m0/s1. The van der Waals surface area contributed by atoms with E-state index in [1.807, 2.05) is 68.4 Å². The molecule has 44 heavy (non-hydrogen) atoms. The van der Waals surface area contributed by atoms with Gasteiger partial charge in [0.2, 0.25) is 11.8 Å². The van der Waals surface area contributed by atoms with Crippen LogP contribution in [0.4, 0.5) is 5.69 Å². The van der Waals surface area contributed by atoms with Crippen LogP contribution < -0.4 is 9.62 Å². The molecule has 2 amide bonds. The average Bonchev–Trinajstić information content (AvgIpc) is 3.01. The van der Waals surface area contributed by atoms with Crippen molar-refractivity contribution in [3.63, 3.8) is 0 Å². The largest absolute Gasteiger partial charge is 0.354 e. The molecule has 4 aromatic carbocycles. The van der Waals surface area contributed by atoms with E-state index < -0.39 is 28.5 Å². The minimum absolute atomic E-state index is 0.0657. The minimum atomic E-state index is -4.16. The second-order valence-corrected chi connectivity index (χ2v) is 14.1. The molecule has 1 N–H and O–H groups in total. The maximum atomic E-state index is 14.5. The number of halogens is 2. The Balaban J connectivity index is 1.80. The fourth-order valence-electron chi connectivity index (χ4n) is 4.75. The van der Waals surface area contributed by atoms with Crippen LogP contribution >= 0.6 is 31.9 Å². The highest BCUT2D eigenvalue weighted by Crippen LogP contribution is 2.28. The second-order valence-electron chi connectivity index (χ2n) is 10.5. The van der Waals surface area contributed by atoms with E-state index in [4.69, 9.17) is 0 Å². The molecule has 1 atom stereocenters. The van der Waals surface area contributed by atoms with Crippen LogP contribution in [-0.2, 0) is 32.6 Å². The van der Waals surface area contributed by atoms with Gasteiger partial charge in [-0.1, -0.05) is 105 Å². The van der Waals surface area contributed by atoms with Gasteiger partial charge in [0.25, 0.3) is 10.0 Å². The Bertz CT molecular complexity index is 1680. The van der Waals surface area contributed by atoms with Gasteiger partial charge in [-0.15, -0.1) is 0 Å². The Morgan fingerprint density at radius 3 is 2.09 bits per heavy atom. The van der Waals surface area contributed by atoms with Crippen LogP contribution in [0.2, 0.25) is 0 Å². The summed E-state index contributed by atoms with van der Waals surface area (Å²) in [5.74, 6) is -0.803. The SMILES string of the molecule is CCCNC(=O)[C@H](Cc1ccccc1)N(Cc1cccc(Br)c1)C(=O)CN(c1cccc(Br)c1)S(=O)(=O)c1ccc(C)cc1. The number of hydrogen-bond acceptors (Lipinski definition) is 4. The quantitative estimate of drug-likeness (QED) is 0.162. The highest BCUT2D eigenvalue weighted by molar-refractivity contribution is 9.10. The molecule has 0 aliphatic rings. The number of carbonyl (C=O) groups excluding carboxylic acids is 2. The number of rotatable bonds is 13. The number of anilines is 1. The van der Waals surface area contributed by atoms with Gasteiger partial charge in [0.1, 0.15) is 12.6 Å². The number of nitrogens with zero attached hydrogens (tertiary/aromatic N) is 2. The molecule has 0 spiro atoms. The predicted molar refractivity (Wildman–Crippen MR) is 182 cm³/mol. The van der Waals surface area contributed by atoms with Gasteiger partial charge < -0.3 is 10.2 Å². The number of sulfonamides is 1. The Morgan fingerprint density at radius 2 is 1.45 bits per heavy atom. The summed E-state index contributed by atoms with van der Waals surface area (Å²) in [6.07, 6.45) is 0.993. The van der Waals surface area contributed by atoms with E-state index in [1.165, 1.54) is 17.0 Å². The van der Waals surface area contributed by atoms with Crippen LogP contribution in [0.5, 0.6) is 0 Å². The third kappa shape index (κ3) is 8.80. The average molecular weight is 742 g/mol. The van der Waals surface area contributed by atoms with Gasteiger partial charge in [-0.25, -0.2) is 8.42 Å². The van der Waals surface area contributed by atoms with Gasteiger partial charge in [0.15, 0.2) is 0 Å². The van der Waals surface area contributed by atoms with Gasteiger partial charge in [-0.3, -0.25) is 13.9 Å². The molecule has 0 bridgehead atoms. The monoisotopic (exact) mass is 739 g/mol. The van der Waals surface area contributed by atoms with Crippen molar-refractivity contribution >= 4 is 59.4 Å². The normalized spacial score (nSPS) is 11.9. The van der Waals surface area contributed by atoms with Crippen molar-refractivity contribution < 1.29 is 18.0 Å². The zero-order valence-electron chi connectivity index (χ0n) is 24.6. The van der Waals surface area contributed by atoms with Gasteiger partial charge in [0, 0.05) is 28.5 Å². The van der Waals surface area contributed by atoms with Crippen molar-refractivity contribution in [3.8, 4) is 0 Å². The molecule has 0 aromatic heterocycles. The molecule has 230 valence electrons. The predicted octanol–water partition coefficient (Wildman–Crippen LogP) is 6.88. The lowest BCUT2D eigenvalue weighted by Gasteiger charge is -2.34. The van der Waals surface area contributed by atoms with Gasteiger partial charge in [0.05, 0.1) is 10.6 Å². The van der Waals surface area contributed by atoms with Crippen LogP contribution in [0.3, 0.4) is 0 Å². The molecule has 0 aliphatic heterocycles. The zero-order chi connectivity index (χ0) is 31.7. The highest BCUT2D eigenvalue weighted by atomic mass is 79.9. The van der Waals surface area contributed by atoms with E-state index in [9.17, 15) is 18.0 Å². The number of carbonyl (C=O) groups is 2. The third-order valence-corrected chi connectivity index (χ3v) is 9.82. The molecule has 0 saturated heterocycles. The van der Waals surface area contributed by atoms with E-state index in [0.29, 0.717) is 16.7 Å². The lowest BCUT2D eigenvalue weighted by molar-refractivity contribution is -0.140. The summed E-state index contributed by atoms with van der Waals surface area (Å²) in [5.41, 5.74) is 2.92. The summed E-state index contributed by atoms with van der Waals surface area (Å²) >= 11 is 6.94. The van der Waals surface area contributed by atoms with E-state index in [0.717, 1.165) is 31.9 Å². The number of hydrogen-bond donors (Lipinski definition) is 1. The first kappa shape index (κ1) is 33.4. The summed E-state index contributed by atoms with van der Waals surface area (Å²) in [5, 5.41) is 2.96. The third-order valence-electron chi connectivity index (χ3n) is 7.05. The van der Waals surface area contributed by atoms with Crippen molar-refractivity contribution in [2.75, 3.05) is 17.4 Å².